The molecule has 0 spiro atoms. The molecule has 0 N–H and O–H groups in total. The molecule has 0 bridgehead atoms. The predicted octanol–water partition coefficient (Wildman–Crippen LogP) is 8.32. The van der Waals surface area contributed by atoms with Gasteiger partial charge in [-0.05, 0) is 91.7 Å². The lowest BCUT2D eigenvalue weighted by Gasteiger charge is -2.15. The van der Waals surface area contributed by atoms with Gasteiger partial charge in [0.1, 0.15) is 5.75 Å². The van der Waals surface area contributed by atoms with Gasteiger partial charge in [0.25, 0.3) is 0 Å². The lowest BCUT2D eigenvalue weighted by atomic mass is 10.0. The highest BCUT2D eigenvalue weighted by Crippen LogP contribution is 2.38. The number of carbonyl (C=O) groups is 1. The number of allylic oxidation sites excluding steroid dienone is 8. The molecule has 0 saturated carbocycles. The van der Waals surface area contributed by atoms with E-state index in [1.165, 1.54) is 29.2 Å². The van der Waals surface area contributed by atoms with Gasteiger partial charge in [-0.15, -0.1) is 0 Å². The summed E-state index contributed by atoms with van der Waals surface area (Å²) in [4.78, 5) is 11.5. The number of carbonyl (C=O) groups excluding carboxylic acids is 1. The molecule has 0 fully saturated rings. The lowest BCUT2D eigenvalue weighted by Crippen LogP contribution is -2.06. The first-order valence-electron chi connectivity index (χ1n) is 12.2. The Morgan fingerprint density at radius 1 is 0.706 bits per heavy atom. The van der Waals surface area contributed by atoms with Gasteiger partial charge in [0, 0.05) is 12.5 Å². The van der Waals surface area contributed by atoms with Gasteiger partial charge in [-0.25, -0.2) is 0 Å². The SMILES string of the molecule is COc1ccc(OC(C)=O)c(C/C=C(\C)CC/C=C(\C)CC/C=C(\C)CCC=C(C)C)c1OC. The minimum atomic E-state index is -0.354. The standard InChI is InChI=1S/C30H44O4/c1-22(2)12-9-13-23(3)14-10-15-24(4)16-11-17-25(5)18-19-27-28(34-26(6)31)20-21-29(32-7)30(27)33-8/h12,14,16,18,20-21H,9-11,13,15,17,19H2,1-8H3/b23-14+,24-16+,25-18+. The molecule has 1 aromatic rings. The molecule has 0 aliphatic rings. The van der Waals surface area contributed by atoms with Crippen LogP contribution in [-0.2, 0) is 11.2 Å². The van der Waals surface area contributed by atoms with Gasteiger partial charge in [0.2, 0.25) is 0 Å². The Morgan fingerprint density at radius 2 is 1.21 bits per heavy atom. The Hall–Kier alpha value is -2.75. The fraction of sp³-hybridized carbons (Fsp3) is 0.500. The van der Waals surface area contributed by atoms with Crippen molar-refractivity contribution in [1.29, 1.82) is 0 Å². The van der Waals surface area contributed by atoms with Crippen LogP contribution in [0.4, 0.5) is 0 Å². The highest BCUT2D eigenvalue weighted by atomic mass is 16.5. The Bertz CT molecular complexity index is 912. The summed E-state index contributed by atoms with van der Waals surface area (Å²) in [6.07, 6.45) is 16.3. The van der Waals surface area contributed by atoms with Crippen LogP contribution in [-0.4, -0.2) is 20.2 Å². The molecule has 4 nitrogen and oxygen atoms in total. The molecule has 188 valence electrons. The smallest absolute Gasteiger partial charge is 0.308 e. The second kappa shape index (κ2) is 16.0. The van der Waals surface area contributed by atoms with Crippen molar-refractivity contribution in [2.75, 3.05) is 14.2 Å². The number of hydrogen-bond donors (Lipinski definition) is 0. The van der Waals surface area contributed by atoms with Crippen LogP contribution in [0.15, 0.2) is 58.7 Å². The van der Waals surface area contributed by atoms with Gasteiger partial charge in [0.05, 0.1) is 14.2 Å². The fourth-order valence-corrected chi connectivity index (χ4v) is 3.68. The molecule has 0 atom stereocenters. The second-order valence-corrected chi connectivity index (χ2v) is 9.12. The van der Waals surface area contributed by atoms with E-state index in [1.54, 1.807) is 26.4 Å². The number of rotatable bonds is 14. The summed E-state index contributed by atoms with van der Waals surface area (Å²) in [6.45, 7) is 12.3. The summed E-state index contributed by atoms with van der Waals surface area (Å²) >= 11 is 0. The fourth-order valence-electron chi connectivity index (χ4n) is 3.68. The van der Waals surface area contributed by atoms with Crippen LogP contribution in [0.3, 0.4) is 0 Å². The molecule has 4 heteroatoms. The van der Waals surface area contributed by atoms with Crippen LogP contribution in [0.25, 0.3) is 0 Å². The topological polar surface area (TPSA) is 44.8 Å². The summed E-state index contributed by atoms with van der Waals surface area (Å²) in [6, 6.07) is 3.51. The molecule has 0 aliphatic heterocycles. The first-order valence-corrected chi connectivity index (χ1v) is 12.2. The van der Waals surface area contributed by atoms with Crippen molar-refractivity contribution in [2.24, 2.45) is 0 Å². The molecular formula is C30H44O4. The van der Waals surface area contributed by atoms with Crippen molar-refractivity contribution in [3.63, 3.8) is 0 Å². The highest BCUT2D eigenvalue weighted by molar-refractivity contribution is 5.71. The van der Waals surface area contributed by atoms with Gasteiger partial charge in [-0.2, -0.15) is 0 Å². The van der Waals surface area contributed by atoms with Gasteiger partial charge in [-0.3, -0.25) is 4.79 Å². The number of hydrogen-bond acceptors (Lipinski definition) is 4. The molecular weight excluding hydrogens is 424 g/mol. The van der Waals surface area contributed by atoms with E-state index in [1.807, 2.05) is 0 Å². The Balaban J connectivity index is 2.66. The van der Waals surface area contributed by atoms with E-state index in [0.29, 0.717) is 23.7 Å². The average Bonchev–Trinajstić information content (AvgIpc) is 2.77. The van der Waals surface area contributed by atoms with Gasteiger partial charge in [-0.1, -0.05) is 46.6 Å². The van der Waals surface area contributed by atoms with E-state index in [0.717, 1.165) is 44.1 Å². The number of methoxy groups -OCH3 is 2. The van der Waals surface area contributed by atoms with Crippen LogP contribution >= 0.6 is 0 Å². The third kappa shape index (κ3) is 11.4. The zero-order valence-electron chi connectivity index (χ0n) is 22.5. The molecule has 0 aliphatic carbocycles. The van der Waals surface area contributed by atoms with E-state index in [-0.39, 0.29) is 5.97 Å². The van der Waals surface area contributed by atoms with Gasteiger partial charge in [0.15, 0.2) is 11.5 Å². The summed E-state index contributed by atoms with van der Waals surface area (Å²) < 4.78 is 16.4. The molecule has 1 rings (SSSR count). The minimum absolute atomic E-state index is 0.354. The lowest BCUT2D eigenvalue weighted by molar-refractivity contribution is -0.131. The summed E-state index contributed by atoms with van der Waals surface area (Å²) in [5.41, 5.74) is 6.41. The Labute approximate surface area is 207 Å². The maximum atomic E-state index is 11.5. The van der Waals surface area contributed by atoms with Crippen LogP contribution in [0.1, 0.15) is 85.6 Å². The normalized spacial score (nSPS) is 12.4. The summed E-state index contributed by atoms with van der Waals surface area (Å²) in [7, 11) is 3.20. The molecule has 0 radical (unpaired) electrons. The van der Waals surface area contributed by atoms with Crippen molar-refractivity contribution < 1.29 is 19.0 Å². The summed E-state index contributed by atoms with van der Waals surface area (Å²) in [5.74, 6) is 1.38. The quantitative estimate of drug-likeness (QED) is 0.156. The summed E-state index contributed by atoms with van der Waals surface area (Å²) in [5, 5.41) is 0. The van der Waals surface area contributed by atoms with E-state index in [2.05, 4.69) is 58.9 Å². The number of benzene rings is 1. The maximum absolute atomic E-state index is 11.5. The van der Waals surface area contributed by atoms with Crippen LogP contribution in [0.5, 0.6) is 17.2 Å². The molecule has 0 saturated heterocycles. The van der Waals surface area contributed by atoms with Gasteiger partial charge >= 0.3 is 5.97 Å². The van der Waals surface area contributed by atoms with Crippen LogP contribution in [0, 0.1) is 0 Å². The maximum Gasteiger partial charge on any atom is 0.308 e. The Morgan fingerprint density at radius 3 is 1.68 bits per heavy atom. The molecule has 0 amide bonds. The highest BCUT2D eigenvalue weighted by Gasteiger charge is 2.16. The predicted molar refractivity (Wildman–Crippen MR) is 143 cm³/mol. The van der Waals surface area contributed by atoms with Crippen molar-refractivity contribution in [1.82, 2.24) is 0 Å². The molecule has 34 heavy (non-hydrogen) atoms. The van der Waals surface area contributed by atoms with E-state index < -0.39 is 0 Å². The van der Waals surface area contributed by atoms with E-state index in [9.17, 15) is 4.79 Å². The largest absolute Gasteiger partial charge is 0.493 e. The minimum Gasteiger partial charge on any atom is -0.493 e. The first kappa shape index (κ1) is 29.3. The molecule has 1 aromatic carbocycles. The van der Waals surface area contributed by atoms with Crippen molar-refractivity contribution in [2.45, 2.75) is 86.5 Å². The monoisotopic (exact) mass is 468 g/mol. The van der Waals surface area contributed by atoms with E-state index >= 15 is 0 Å². The van der Waals surface area contributed by atoms with Crippen molar-refractivity contribution >= 4 is 5.97 Å². The number of esters is 1. The molecule has 0 unspecified atom stereocenters. The molecule has 0 heterocycles. The second-order valence-electron chi connectivity index (χ2n) is 9.12. The van der Waals surface area contributed by atoms with Crippen molar-refractivity contribution in [3.8, 4) is 17.2 Å². The third-order valence-corrected chi connectivity index (χ3v) is 5.67. The third-order valence-electron chi connectivity index (χ3n) is 5.67. The van der Waals surface area contributed by atoms with Gasteiger partial charge < -0.3 is 14.2 Å². The molecule has 0 aromatic heterocycles. The zero-order chi connectivity index (χ0) is 25.5. The van der Waals surface area contributed by atoms with Crippen LogP contribution < -0.4 is 14.2 Å². The van der Waals surface area contributed by atoms with Crippen molar-refractivity contribution in [3.05, 3.63) is 64.3 Å². The average molecular weight is 469 g/mol. The van der Waals surface area contributed by atoms with E-state index in [4.69, 9.17) is 14.2 Å². The Kier molecular flexibility index (Phi) is 13.8. The first-order chi connectivity index (χ1) is 16.2. The number of ether oxygens (including phenoxy) is 3. The zero-order valence-corrected chi connectivity index (χ0v) is 22.5. The van der Waals surface area contributed by atoms with Crippen LogP contribution in [0.2, 0.25) is 0 Å².